The molecule has 4 aliphatic rings. The Labute approximate surface area is 146 Å². The lowest BCUT2D eigenvalue weighted by Crippen LogP contribution is -2.58. The summed E-state index contributed by atoms with van der Waals surface area (Å²) < 4.78 is 0. The van der Waals surface area contributed by atoms with E-state index in [1.807, 2.05) is 6.92 Å². The first-order chi connectivity index (χ1) is 11.3. The molecule has 3 unspecified atom stereocenters. The van der Waals surface area contributed by atoms with Gasteiger partial charge < -0.3 is 10.8 Å². The average Bonchev–Trinajstić information content (AvgIpc) is 2.86. The van der Waals surface area contributed by atoms with Gasteiger partial charge >= 0.3 is 0 Å². The zero-order chi connectivity index (χ0) is 17.3. The molecule has 4 saturated carbocycles. The van der Waals surface area contributed by atoms with Crippen LogP contribution in [0.3, 0.4) is 0 Å². The number of hydrogen-bond acceptors (Lipinski definition) is 3. The number of rotatable bonds is 1. The first-order valence-electron chi connectivity index (χ1n) is 10.2. The summed E-state index contributed by atoms with van der Waals surface area (Å²) in [7, 11) is 0. The lowest BCUT2D eigenvalue weighted by molar-refractivity contribution is -0.142. The summed E-state index contributed by atoms with van der Waals surface area (Å²) in [6.45, 7) is 6.66. The molecule has 4 aliphatic carbocycles. The molecule has 0 radical (unpaired) electrons. The molecule has 0 aliphatic heterocycles. The highest BCUT2D eigenvalue weighted by molar-refractivity contribution is 5.79. The van der Waals surface area contributed by atoms with Gasteiger partial charge in [0.2, 0.25) is 0 Å². The summed E-state index contributed by atoms with van der Waals surface area (Å²) in [6, 6.07) is -0.0259. The highest BCUT2D eigenvalue weighted by Crippen LogP contribution is 2.67. The van der Waals surface area contributed by atoms with Crippen molar-refractivity contribution in [1.29, 1.82) is 0 Å². The highest BCUT2D eigenvalue weighted by atomic mass is 16.3. The Balaban J connectivity index is 1.62. The van der Waals surface area contributed by atoms with Crippen molar-refractivity contribution in [3.05, 3.63) is 0 Å². The second kappa shape index (κ2) is 5.54. The molecule has 0 aromatic heterocycles. The zero-order valence-corrected chi connectivity index (χ0v) is 15.6. The highest BCUT2D eigenvalue weighted by Gasteiger charge is 2.61. The minimum absolute atomic E-state index is 0.0259. The van der Waals surface area contributed by atoms with Gasteiger partial charge in [0.25, 0.3) is 0 Å². The molecule has 9 atom stereocenters. The predicted molar refractivity (Wildman–Crippen MR) is 95.3 cm³/mol. The number of aliphatic hydroxyl groups excluding tert-OH is 1. The van der Waals surface area contributed by atoms with E-state index < -0.39 is 0 Å². The fraction of sp³-hybridized carbons (Fsp3) is 0.952. The van der Waals surface area contributed by atoms with Gasteiger partial charge in [0.1, 0.15) is 5.78 Å². The lowest BCUT2D eigenvalue weighted by Gasteiger charge is -2.61. The third-order valence-corrected chi connectivity index (χ3v) is 9.26. The van der Waals surface area contributed by atoms with Crippen LogP contribution in [0, 0.1) is 40.4 Å². The molecule has 4 fully saturated rings. The van der Waals surface area contributed by atoms with Crippen molar-refractivity contribution in [1.82, 2.24) is 0 Å². The van der Waals surface area contributed by atoms with E-state index in [2.05, 4.69) is 13.8 Å². The van der Waals surface area contributed by atoms with E-state index in [9.17, 15) is 9.90 Å². The number of nitrogens with two attached hydrogens (primary N) is 1. The summed E-state index contributed by atoms with van der Waals surface area (Å²) in [5, 5.41) is 10.5. The van der Waals surface area contributed by atoms with E-state index >= 15 is 0 Å². The normalized spacial score (nSPS) is 57.0. The summed E-state index contributed by atoms with van der Waals surface area (Å²) in [5.74, 6) is 3.59. The SMILES string of the molecule is CC(=O)[C@H]1CC[C@H]2[C@@H]3CCC4CC(N)C(O)C[C@]4(C)[C@H]3CC[C@]12C. The molecule has 0 saturated heterocycles. The average molecular weight is 334 g/mol. The first kappa shape index (κ1) is 17.0. The number of carbonyl (C=O) groups is 1. The minimum Gasteiger partial charge on any atom is -0.391 e. The number of hydrogen-bond donors (Lipinski definition) is 2. The Morgan fingerprint density at radius 3 is 2.46 bits per heavy atom. The number of Topliss-reactive ketones (excluding diaryl/α,β-unsaturated/α-hetero) is 1. The van der Waals surface area contributed by atoms with Crippen LogP contribution in [0.15, 0.2) is 0 Å². The number of carbonyl (C=O) groups excluding carboxylic acids is 1. The Morgan fingerprint density at radius 1 is 1.04 bits per heavy atom. The topological polar surface area (TPSA) is 63.3 Å². The molecule has 0 aromatic rings. The maximum Gasteiger partial charge on any atom is 0.133 e. The number of ketones is 1. The molecule has 24 heavy (non-hydrogen) atoms. The Kier molecular flexibility index (Phi) is 3.93. The summed E-state index contributed by atoms with van der Waals surface area (Å²) >= 11 is 0. The molecule has 136 valence electrons. The first-order valence-corrected chi connectivity index (χ1v) is 10.2. The predicted octanol–water partition coefficient (Wildman–Crippen LogP) is 3.53. The monoisotopic (exact) mass is 333 g/mol. The number of aliphatic hydroxyl groups is 1. The van der Waals surface area contributed by atoms with E-state index in [0.717, 1.165) is 37.0 Å². The van der Waals surface area contributed by atoms with Gasteiger partial charge in [-0.3, -0.25) is 4.79 Å². The van der Waals surface area contributed by atoms with E-state index in [1.54, 1.807) is 0 Å². The second-order valence-electron chi connectivity index (χ2n) is 10.1. The van der Waals surface area contributed by atoms with Crippen LogP contribution in [0.1, 0.15) is 72.1 Å². The van der Waals surface area contributed by atoms with Gasteiger partial charge in [-0.05, 0) is 92.8 Å². The summed E-state index contributed by atoms with van der Waals surface area (Å²) in [4.78, 5) is 12.2. The van der Waals surface area contributed by atoms with Crippen LogP contribution in [-0.4, -0.2) is 23.0 Å². The van der Waals surface area contributed by atoms with Crippen molar-refractivity contribution in [2.24, 2.45) is 46.2 Å². The Bertz CT molecular complexity index is 534. The van der Waals surface area contributed by atoms with Crippen molar-refractivity contribution in [2.45, 2.75) is 84.3 Å². The van der Waals surface area contributed by atoms with Crippen molar-refractivity contribution in [3.63, 3.8) is 0 Å². The van der Waals surface area contributed by atoms with Crippen molar-refractivity contribution in [3.8, 4) is 0 Å². The largest absolute Gasteiger partial charge is 0.391 e. The van der Waals surface area contributed by atoms with Gasteiger partial charge in [-0.2, -0.15) is 0 Å². The van der Waals surface area contributed by atoms with Crippen molar-refractivity contribution < 1.29 is 9.90 Å². The molecule has 3 N–H and O–H groups in total. The van der Waals surface area contributed by atoms with Gasteiger partial charge in [0.15, 0.2) is 0 Å². The van der Waals surface area contributed by atoms with Crippen molar-refractivity contribution in [2.75, 3.05) is 0 Å². The summed E-state index contributed by atoms with van der Waals surface area (Å²) in [5.41, 5.74) is 6.68. The second-order valence-corrected chi connectivity index (χ2v) is 10.1. The van der Waals surface area contributed by atoms with Crippen LogP contribution in [0.4, 0.5) is 0 Å². The van der Waals surface area contributed by atoms with Gasteiger partial charge in [-0.25, -0.2) is 0 Å². The van der Waals surface area contributed by atoms with E-state index in [0.29, 0.717) is 17.6 Å². The van der Waals surface area contributed by atoms with E-state index in [-0.39, 0.29) is 23.0 Å². The number of fused-ring (bicyclic) bond motifs is 5. The summed E-state index contributed by atoms with van der Waals surface area (Å²) in [6.07, 6.45) is 8.95. The van der Waals surface area contributed by atoms with Crippen LogP contribution in [-0.2, 0) is 4.79 Å². The third kappa shape index (κ3) is 2.19. The van der Waals surface area contributed by atoms with Crippen LogP contribution in [0.25, 0.3) is 0 Å². The standard InChI is InChI=1S/C21H35NO2/c1-12(23)15-6-7-16-14-5-4-13-10-18(22)19(24)11-21(13,3)17(14)8-9-20(15,16)2/h13-19,24H,4-11,22H2,1-3H3/t13?,14-,15+,16-,17-,18?,19?,20+,21-/m0/s1. The molecule has 0 aromatic carbocycles. The molecule has 0 spiro atoms. The van der Waals surface area contributed by atoms with E-state index in [1.165, 1.54) is 32.1 Å². The third-order valence-electron chi connectivity index (χ3n) is 9.26. The Hall–Kier alpha value is -0.410. The molecule has 0 heterocycles. The molecular weight excluding hydrogens is 298 g/mol. The Morgan fingerprint density at radius 2 is 1.75 bits per heavy atom. The minimum atomic E-state index is -0.327. The quantitative estimate of drug-likeness (QED) is 0.771. The maximum absolute atomic E-state index is 12.2. The molecule has 0 bridgehead atoms. The van der Waals surface area contributed by atoms with Crippen LogP contribution >= 0.6 is 0 Å². The van der Waals surface area contributed by atoms with Crippen molar-refractivity contribution >= 4 is 5.78 Å². The van der Waals surface area contributed by atoms with Gasteiger partial charge in [-0.1, -0.05) is 13.8 Å². The molecule has 4 rings (SSSR count). The molecule has 0 amide bonds. The van der Waals surface area contributed by atoms with Crippen LogP contribution in [0.5, 0.6) is 0 Å². The van der Waals surface area contributed by atoms with Crippen LogP contribution < -0.4 is 5.73 Å². The van der Waals surface area contributed by atoms with E-state index in [4.69, 9.17) is 5.73 Å². The molecule has 3 nitrogen and oxygen atoms in total. The zero-order valence-electron chi connectivity index (χ0n) is 15.6. The van der Waals surface area contributed by atoms with Gasteiger partial charge in [0.05, 0.1) is 6.10 Å². The molecule has 3 heteroatoms. The fourth-order valence-corrected chi connectivity index (χ4v) is 8.00. The lowest BCUT2D eigenvalue weighted by atomic mass is 9.44. The van der Waals surface area contributed by atoms with Crippen LogP contribution in [0.2, 0.25) is 0 Å². The molecular formula is C21H35NO2. The van der Waals surface area contributed by atoms with Gasteiger partial charge in [-0.15, -0.1) is 0 Å². The smallest absolute Gasteiger partial charge is 0.133 e. The van der Waals surface area contributed by atoms with Gasteiger partial charge in [0, 0.05) is 12.0 Å². The maximum atomic E-state index is 12.2. The fourth-order valence-electron chi connectivity index (χ4n) is 8.00.